The molecule has 1 aliphatic rings. The van der Waals surface area contributed by atoms with Crippen molar-refractivity contribution in [2.24, 2.45) is 11.7 Å². The summed E-state index contributed by atoms with van der Waals surface area (Å²) < 4.78 is 0. The number of nitrogens with one attached hydrogen (secondary N) is 1. The lowest BCUT2D eigenvalue weighted by molar-refractivity contribution is -0.121. The summed E-state index contributed by atoms with van der Waals surface area (Å²) in [4.78, 5) is 11.4. The molecule has 1 aliphatic carbocycles. The number of amides is 1. The SMILES string of the molecule is NCCCCCCC(=O)NCC1CC(O)C1. The number of aliphatic hydroxyl groups is 1. The van der Waals surface area contributed by atoms with E-state index in [2.05, 4.69) is 5.32 Å². The van der Waals surface area contributed by atoms with Crippen LogP contribution in [0, 0.1) is 5.92 Å². The molecule has 0 aliphatic heterocycles. The lowest BCUT2D eigenvalue weighted by Gasteiger charge is -2.31. The third-order valence-corrected chi connectivity index (χ3v) is 3.16. The van der Waals surface area contributed by atoms with Crippen molar-refractivity contribution >= 4 is 5.91 Å². The van der Waals surface area contributed by atoms with Crippen molar-refractivity contribution in [3.63, 3.8) is 0 Å². The highest BCUT2D eigenvalue weighted by atomic mass is 16.3. The molecular weight excluding hydrogens is 204 g/mol. The van der Waals surface area contributed by atoms with Crippen molar-refractivity contribution in [1.82, 2.24) is 5.32 Å². The largest absolute Gasteiger partial charge is 0.393 e. The van der Waals surface area contributed by atoms with Crippen LogP contribution in [-0.2, 0) is 4.79 Å². The molecule has 0 spiro atoms. The fraction of sp³-hybridized carbons (Fsp3) is 0.917. The molecule has 0 saturated heterocycles. The average Bonchev–Trinajstić information content (AvgIpc) is 2.22. The molecule has 0 aromatic heterocycles. The van der Waals surface area contributed by atoms with E-state index in [4.69, 9.17) is 10.8 Å². The number of rotatable bonds is 8. The first kappa shape index (κ1) is 13.5. The number of hydrogen-bond acceptors (Lipinski definition) is 3. The minimum absolute atomic E-state index is 0.127. The Morgan fingerprint density at radius 3 is 2.56 bits per heavy atom. The van der Waals surface area contributed by atoms with Crippen molar-refractivity contribution < 1.29 is 9.90 Å². The molecule has 1 amide bonds. The van der Waals surface area contributed by atoms with Gasteiger partial charge in [0.15, 0.2) is 0 Å². The molecule has 0 aromatic carbocycles. The number of carbonyl (C=O) groups is 1. The monoisotopic (exact) mass is 228 g/mol. The van der Waals surface area contributed by atoms with Gasteiger partial charge in [0.2, 0.25) is 5.91 Å². The van der Waals surface area contributed by atoms with E-state index < -0.39 is 0 Å². The Kier molecular flexibility index (Phi) is 6.42. The van der Waals surface area contributed by atoms with Crippen molar-refractivity contribution in [3.8, 4) is 0 Å². The van der Waals surface area contributed by atoms with Crippen LogP contribution >= 0.6 is 0 Å². The van der Waals surface area contributed by atoms with E-state index in [0.29, 0.717) is 12.3 Å². The summed E-state index contributed by atoms with van der Waals surface area (Å²) in [6.07, 6.45) is 6.41. The van der Waals surface area contributed by atoms with Crippen LogP contribution in [0.1, 0.15) is 44.9 Å². The first-order valence-electron chi connectivity index (χ1n) is 6.37. The average molecular weight is 228 g/mol. The fourth-order valence-corrected chi connectivity index (χ4v) is 2.00. The van der Waals surface area contributed by atoms with Gasteiger partial charge in [0.1, 0.15) is 0 Å². The zero-order chi connectivity index (χ0) is 11.8. The van der Waals surface area contributed by atoms with Gasteiger partial charge in [-0.05, 0) is 38.1 Å². The quantitative estimate of drug-likeness (QED) is 0.537. The molecule has 0 aromatic rings. The highest BCUT2D eigenvalue weighted by molar-refractivity contribution is 5.75. The molecule has 0 heterocycles. The van der Waals surface area contributed by atoms with Crippen LogP contribution in [0.2, 0.25) is 0 Å². The number of unbranched alkanes of at least 4 members (excludes halogenated alkanes) is 3. The van der Waals surface area contributed by atoms with Crippen molar-refractivity contribution in [2.45, 2.75) is 51.0 Å². The molecule has 1 fully saturated rings. The van der Waals surface area contributed by atoms with E-state index in [9.17, 15) is 4.79 Å². The third kappa shape index (κ3) is 5.47. The van der Waals surface area contributed by atoms with E-state index in [1.165, 1.54) is 0 Å². The van der Waals surface area contributed by atoms with E-state index in [1.807, 2.05) is 0 Å². The molecule has 16 heavy (non-hydrogen) atoms. The Balaban J connectivity index is 1.87. The summed E-state index contributed by atoms with van der Waals surface area (Å²) in [6.45, 7) is 1.48. The van der Waals surface area contributed by atoms with Crippen LogP contribution in [0.5, 0.6) is 0 Å². The van der Waals surface area contributed by atoms with Gasteiger partial charge >= 0.3 is 0 Å². The van der Waals surface area contributed by atoms with Gasteiger partial charge in [-0.1, -0.05) is 12.8 Å². The smallest absolute Gasteiger partial charge is 0.220 e. The van der Waals surface area contributed by atoms with Crippen LogP contribution < -0.4 is 11.1 Å². The maximum absolute atomic E-state index is 11.4. The van der Waals surface area contributed by atoms with Gasteiger partial charge < -0.3 is 16.2 Å². The van der Waals surface area contributed by atoms with Crippen LogP contribution in [0.3, 0.4) is 0 Å². The zero-order valence-electron chi connectivity index (χ0n) is 9.95. The highest BCUT2D eigenvalue weighted by Crippen LogP contribution is 2.26. The summed E-state index contributed by atoms with van der Waals surface area (Å²) >= 11 is 0. The molecule has 0 atom stereocenters. The minimum atomic E-state index is -0.127. The van der Waals surface area contributed by atoms with E-state index >= 15 is 0 Å². The first-order chi connectivity index (χ1) is 7.72. The normalized spacial score (nSPS) is 23.9. The maximum atomic E-state index is 11.4. The van der Waals surface area contributed by atoms with Crippen molar-refractivity contribution in [2.75, 3.05) is 13.1 Å². The second-order valence-electron chi connectivity index (χ2n) is 4.75. The molecule has 0 bridgehead atoms. The van der Waals surface area contributed by atoms with Gasteiger partial charge in [-0.2, -0.15) is 0 Å². The molecule has 1 saturated carbocycles. The summed E-state index contributed by atoms with van der Waals surface area (Å²) in [5, 5.41) is 12.0. The predicted molar refractivity (Wildman–Crippen MR) is 63.9 cm³/mol. The van der Waals surface area contributed by atoms with Gasteiger partial charge in [-0.3, -0.25) is 4.79 Å². The first-order valence-corrected chi connectivity index (χ1v) is 6.37. The van der Waals surface area contributed by atoms with Crippen LogP contribution in [0.25, 0.3) is 0 Å². The van der Waals surface area contributed by atoms with Crippen LogP contribution in [0.15, 0.2) is 0 Å². The Hall–Kier alpha value is -0.610. The Morgan fingerprint density at radius 2 is 1.94 bits per heavy atom. The maximum Gasteiger partial charge on any atom is 0.220 e. The van der Waals surface area contributed by atoms with Gasteiger partial charge in [-0.15, -0.1) is 0 Å². The lowest BCUT2D eigenvalue weighted by atomic mass is 9.82. The minimum Gasteiger partial charge on any atom is -0.393 e. The van der Waals surface area contributed by atoms with E-state index in [1.54, 1.807) is 0 Å². The Morgan fingerprint density at radius 1 is 1.25 bits per heavy atom. The zero-order valence-corrected chi connectivity index (χ0v) is 9.95. The van der Waals surface area contributed by atoms with Gasteiger partial charge in [0.05, 0.1) is 6.10 Å². The molecule has 4 N–H and O–H groups in total. The van der Waals surface area contributed by atoms with E-state index in [-0.39, 0.29) is 12.0 Å². The Labute approximate surface area is 97.6 Å². The molecule has 0 unspecified atom stereocenters. The van der Waals surface area contributed by atoms with Crippen LogP contribution in [-0.4, -0.2) is 30.2 Å². The second-order valence-corrected chi connectivity index (χ2v) is 4.75. The van der Waals surface area contributed by atoms with Gasteiger partial charge in [0.25, 0.3) is 0 Å². The molecular formula is C12H24N2O2. The molecule has 0 radical (unpaired) electrons. The van der Waals surface area contributed by atoms with Gasteiger partial charge in [-0.25, -0.2) is 0 Å². The summed E-state index contributed by atoms with van der Waals surface area (Å²) in [7, 11) is 0. The third-order valence-electron chi connectivity index (χ3n) is 3.16. The number of aliphatic hydroxyl groups excluding tert-OH is 1. The lowest BCUT2D eigenvalue weighted by Crippen LogP contribution is -2.38. The predicted octanol–water partition coefficient (Wildman–Crippen LogP) is 0.783. The van der Waals surface area contributed by atoms with Crippen molar-refractivity contribution in [3.05, 3.63) is 0 Å². The number of nitrogens with two attached hydrogens (primary N) is 1. The topological polar surface area (TPSA) is 75.4 Å². The summed E-state index contributed by atoms with van der Waals surface area (Å²) in [5.41, 5.74) is 5.38. The second kappa shape index (κ2) is 7.63. The summed E-state index contributed by atoms with van der Waals surface area (Å²) in [5.74, 6) is 0.644. The number of hydrogen-bond donors (Lipinski definition) is 3. The molecule has 94 valence electrons. The van der Waals surface area contributed by atoms with Crippen LogP contribution in [0.4, 0.5) is 0 Å². The summed E-state index contributed by atoms with van der Waals surface area (Å²) in [6, 6.07) is 0. The standard InChI is InChI=1S/C12H24N2O2/c13-6-4-2-1-3-5-12(16)14-9-10-7-11(15)8-10/h10-11,15H,1-9,13H2,(H,14,16). The molecule has 4 heteroatoms. The van der Waals surface area contributed by atoms with Gasteiger partial charge in [0, 0.05) is 13.0 Å². The molecule has 1 rings (SSSR count). The Bertz CT molecular complexity index is 203. The number of carbonyl (C=O) groups excluding carboxylic acids is 1. The highest BCUT2D eigenvalue weighted by Gasteiger charge is 2.26. The van der Waals surface area contributed by atoms with E-state index in [0.717, 1.165) is 51.6 Å². The molecule has 4 nitrogen and oxygen atoms in total. The fourth-order valence-electron chi connectivity index (χ4n) is 2.00. The van der Waals surface area contributed by atoms with Crippen molar-refractivity contribution in [1.29, 1.82) is 0 Å².